The van der Waals surface area contributed by atoms with Gasteiger partial charge in [0.1, 0.15) is 10.7 Å². The standard InChI is InChI=1S/C17H21N3OS.2ClH/c1-12-3-5-13(6-4-12)15-19-14(9-22-15)16(21)20-8-7-17(2,10-18)11-20;;/h3-6,9H,7-8,10-11,18H2,1-2H3;2*1H. The maximum absolute atomic E-state index is 12.6. The van der Waals surface area contributed by atoms with E-state index in [1.807, 2.05) is 22.4 Å². The van der Waals surface area contributed by atoms with Crippen LogP contribution < -0.4 is 5.73 Å². The number of aromatic nitrogens is 1. The van der Waals surface area contributed by atoms with Gasteiger partial charge in [-0.05, 0) is 25.3 Å². The molecule has 0 aliphatic carbocycles. The molecule has 0 bridgehead atoms. The lowest BCUT2D eigenvalue weighted by Gasteiger charge is -2.22. The third-order valence-corrected chi connectivity index (χ3v) is 5.25. The van der Waals surface area contributed by atoms with Crippen molar-refractivity contribution in [3.63, 3.8) is 0 Å². The molecule has 132 valence electrons. The van der Waals surface area contributed by atoms with Gasteiger partial charge in [-0.25, -0.2) is 4.98 Å². The van der Waals surface area contributed by atoms with Gasteiger partial charge in [-0.15, -0.1) is 36.2 Å². The molecule has 0 radical (unpaired) electrons. The van der Waals surface area contributed by atoms with Crippen LogP contribution in [-0.4, -0.2) is 35.4 Å². The summed E-state index contributed by atoms with van der Waals surface area (Å²) in [6.07, 6.45) is 0.962. The fraction of sp³-hybridized carbons (Fsp3) is 0.412. The average molecular weight is 388 g/mol. The number of rotatable bonds is 3. The summed E-state index contributed by atoms with van der Waals surface area (Å²) in [5.41, 5.74) is 8.68. The van der Waals surface area contributed by atoms with Gasteiger partial charge in [0.2, 0.25) is 0 Å². The topological polar surface area (TPSA) is 59.2 Å². The van der Waals surface area contributed by atoms with Crippen LogP contribution in [0.15, 0.2) is 29.6 Å². The highest BCUT2D eigenvalue weighted by Crippen LogP contribution is 2.30. The second-order valence-corrected chi connectivity index (χ2v) is 7.25. The van der Waals surface area contributed by atoms with Crippen LogP contribution in [0, 0.1) is 12.3 Å². The van der Waals surface area contributed by atoms with Crippen LogP contribution in [0.1, 0.15) is 29.4 Å². The Hall–Kier alpha value is -1.14. The summed E-state index contributed by atoms with van der Waals surface area (Å²) in [5, 5.41) is 2.75. The van der Waals surface area contributed by atoms with Gasteiger partial charge in [-0.3, -0.25) is 4.79 Å². The van der Waals surface area contributed by atoms with Crippen molar-refractivity contribution < 1.29 is 4.79 Å². The van der Waals surface area contributed by atoms with Gasteiger partial charge in [0.05, 0.1) is 0 Å². The Balaban J connectivity index is 0.00000144. The highest BCUT2D eigenvalue weighted by molar-refractivity contribution is 7.13. The Bertz CT molecular complexity index is 689. The van der Waals surface area contributed by atoms with Gasteiger partial charge in [-0.1, -0.05) is 36.8 Å². The van der Waals surface area contributed by atoms with Gasteiger partial charge in [0.15, 0.2) is 0 Å². The van der Waals surface area contributed by atoms with Crippen LogP contribution in [0.25, 0.3) is 10.6 Å². The molecule has 1 saturated heterocycles. The van der Waals surface area contributed by atoms with Crippen LogP contribution >= 0.6 is 36.2 Å². The van der Waals surface area contributed by atoms with E-state index < -0.39 is 0 Å². The summed E-state index contributed by atoms with van der Waals surface area (Å²) in [4.78, 5) is 19.0. The largest absolute Gasteiger partial charge is 0.337 e. The summed E-state index contributed by atoms with van der Waals surface area (Å²) in [7, 11) is 0. The Morgan fingerprint density at radius 2 is 2.00 bits per heavy atom. The highest BCUT2D eigenvalue weighted by atomic mass is 35.5. The molecule has 24 heavy (non-hydrogen) atoms. The molecule has 1 unspecified atom stereocenters. The molecule has 1 aliphatic heterocycles. The molecule has 1 aliphatic rings. The highest BCUT2D eigenvalue weighted by Gasteiger charge is 2.35. The summed E-state index contributed by atoms with van der Waals surface area (Å²) < 4.78 is 0. The molecule has 1 atom stereocenters. The molecular formula is C17H23Cl2N3OS. The van der Waals surface area contributed by atoms with E-state index in [2.05, 4.69) is 31.0 Å². The van der Waals surface area contributed by atoms with Crippen molar-refractivity contribution >= 4 is 42.1 Å². The van der Waals surface area contributed by atoms with Gasteiger partial charge < -0.3 is 10.6 Å². The monoisotopic (exact) mass is 387 g/mol. The first-order valence-electron chi connectivity index (χ1n) is 7.53. The zero-order valence-corrected chi connectivity index (χ0v) is 16.3. The second kappa shape index (κ2) is 8.30. The van der Waals surface area contributed by atoms with Crippen molar-refractivity contribution in [2.24, 2.45) is 11.1 Å². The smallest absolute Gasteiger partial charge is 0.273 e. The van der Waals surface area contributed by atoms with E-state index in [-0.39, 0.29) is 36.1 Å². The van der Waals surface area contributed by atoms with Crippen molar-refractivity contribution in [3.8, 4) is 10.6 Å². The average Bonchev–Trinajstić information content (AvgIpc) is 3.15. The Morgan fingerprint density at radius 3 is 2.58 bits per heavy atom. The summed E-state index contributed by atoms with van der Waals surface area (Å²) in [6, 6.07) is 8.21. The predicted molar refractivity (Wildman–Crippen MR) is 104 cm³/mol. The van der Waals surface area contributed by atoms with E-state index in [0.717, 1.165) is 30.1 Å². The number of carbonyl (C=O) groups is 1. The van der Waals surface area contributed by atoms with E-state index in [1.54, 1.807) is 0 Å². The molecule has 2 N–H and O–H groups in total. The molecule has 1 amide bonds. The lowest BCUT2D eigenvalue weighted by Crippen LogP contribution is -2.34. The molecule has 0 spiro atoms. The number of thiazole rings is 1. The Kier molecular flexibility index (Phi) is 7.23. The number of nitrogens with zero attached hydrogens (tertiary/aromatic N) is 2. The normalized spacial score (nSPS) is 19.5. The molecule has 7 heteroatoms. The van der Waals surface area contributed by atoms with E-state index >= 15 is 0 Å². The van der Waals surface area contributed by atoms with Crippen LogP contribution in [0.5, 0.6) is 0 Å². The third-order valence-electron chi connectivity index (χ3n) is 4.36. The van der Waals surface area contributed by atoms with Crippen molar-refractivity contribution in [1.82, 2.24) is 9.88 Å². The first-order chi connectivity index (χ1) is 10.5. The minimum atomic E-state index is 0. The van der Waals surface area contributed by atoms with E-state index in [0.29, 0.717) is 12.2 Å². The van der Waals surface area contributed by atoms with Gasteiger partial charge in [0.25, 0.3) is 5.91 Å². The molecule has 2 heterocycles. The molecule has 3 rings (SSSR count). The van der Waals surface area contributed by atoms with Crippen LogP contribution in [-0.2, 0) is 0 Å². The zero-order chi connectivity index (χ0) is 15.7. The van der Waals surface area contributed by atoms with Crippen molar-refractivity contribution in [3.05, 3.63) is 40.9 Å². The Labute approximate surface area is 159 Å². The fourth-order valence-corrected chi connectivity index (χ4v) is 3.53. The van der Waals surface area contributed by atoms with Gasteiger partial charge in [0, 0.05) is 24.0 Å². The first-order valence-corrected chi connectivity index (χ1v) is 8.41. The lowest BCUT2D eigenvalue weighted by atomic mass is 9.90. The number of aryl methyl sites for hydroxylation is 1. The minimum absolute atomic E-state index is 0. The molecule has 1 aromatic carbocycles. The number of amides is 1. The third kappa shape index (κ3) is 4.28. The fourth-order valence-electron chi connectivity index (χ4n) is 2.73. The maximum Gasteiger partial charge on any atom is 0.273 e. The number of likely N-dealkylation sites (tertiary alicyclic amines) is 1. The van der Waals surface area contributed by atoms with Crippen LogP contribution in [0.2, 0.25) is 0 Å². The molecule has 1 aromatic heterocycles. The van der Waals surface area contributed by atoms with Gasteiger partial charge >= 0.3 is 0 Å². The van der Waals surface area contributed by atoms with E-state index in [1.165, 1.54) is 16.9 Å². The van der Waals surface area contributed by atoms with Crippen molar-refractivity contribution in [1.29, 1.82) is 0 Å². The molecule has 2 aromatic rings. The SMILES string of the molecule is Cc1ccc(-c2nc(C(=O)N3CCC(C)(CN)C3)cs2)cc1.Cl.Cl. The molecular weight excluding hydrogens is 365 g/mol. The zero-order valence-electron chi connectivity index (χ0n) is 13.8. The Morgan fingerprint density at radius 1 is 1.33 bits per heavy atom. The molecule has 1 fully saturated rings. The molecule has 0 saturated carbocycles. The quantitative estimate of drug-likeness (QED) is 0.871. The summed E-state index contributed by atoms with van der Waals surface area (Å²) >= 11 is 1.52. The number of hydrogen-bond donors (Lipinski definition) is 1. The van der Waals surface area contributed by atoms with Crippen LogP contribution in [0.4, 0.5) is 0 Å². The van der Waals surface area contributed by atoms with Gasteiger partial charge in [-0.2, -0.15) is 0 Å². The van der Waals surface area contributed by atoms with Crippen molar-refractivity contribution in [2.45, 2.75) is 20.3 Å². The van der Waals surface area contributed by atoms with Crippen LogP contribution in [0.3, 0.4) is 0 Å². The number of hydrogen-bond acceptors (Lipinski definition) is 4. The lowest BCUT2D eigenvalue weighted by molar-refractivity contribution is 0.0772. The summed E-state index contributed by atoms with van der Waals surface area (Å²) in [5.74, 6) is 0.0202. The number of carbonyl (C=O) groups excluding carboxylic acids is 1. The van der Waals surface area contributed by atoms with E-state index in [9.17, 15) is 4.79 Å². The number of nitrogens with two attached hydrogens (primary N) is 1. The van der Waals surface area contributed by atoms with Crippen molar-refractivity contribution in [2.75, 3.05) is 19.6 Å². The number of halogens is 2. The van der Waals surface area contributed by atoms with E-state index in [4.69, 9.17) is 5.73 Å². The maximum atomic E-state index is 12.6. The summed E-state index contributed by atoms with van der Waals surface area (Å²) in [6.45, 7) is 6.30. The first kappa shape index (κ1) is 20.9. The second-order valence-electron chi connectivity index (χ2n) is 6.40. The number of benzene rings is 1. The minimum Gasteiger partial charge on any atom is -0.337 e. The predicted octanol–water partition coefficient (Wildman–Crippen LogP) is 3.77. The molecule has 4 nitrogen and oxygen atoms in total.